The lowest BCUT2D eigenvalue weighted by molar-refractivity contribution is -0.121. The molecule has 2 fully saturated rings. The number of anilines is 1. The molecule has 0 aliphatic carbocycles. The van der Waals surface area contributed by atoms with Crippen molar-refractivity contribution in [1.82, 2.24) is 10.2 Å². The van der Waals surface area contributed by atoms with Gasteiger partial charge < -0.3 is 20.9 Å². The molecule has 3 atom stereocenters. The Morgan fingerprint density at radius 2 is 1.85 bits per heavy atom. The molecule has 33 heavy (non-hydrogen) atoms. The Hall–Kier alpha value is -2.64. The van der Waals surface area contributed by atoms with Gasteiger partial charge in [0, 0.05) is 50.2 Å². The highest BCUT2D eigenvalue weighted by Crippen LogP contribution is 2.35. The maximum atomic E-state index is 14.2. The second-order valence-electron chi connectivity index (χ2n) is 9.09. The van der Waals surface area contributed by atoms with Gasteiger partial charge in [-0.3, -0.25) is 9.59 Å². The molecule has 0 radical (unpaired) electrons. The third-order valence-electron chi connectivity index (χ3n) is 6.58. The Bertz CT molecular complexity index is 997. The lowest BCUT2D eigenvalue weighted by atomic mass is 10.0. The third-order valence-corrected chi connectivity index (χ3v) is 6.90. The Labute approximate surface area is 198 Å². The normalized spacial score (nSPS) is 20.6. The molecule has 2 saturated heterocycles. The van der Waals surface area contributed by atoms with Crippen LogP contribution in [-0.2, 0) is 11.2 Å². The average Bonchev–Trinajstić information content (AvgIpc) is 3.36. The van der Waals surface area contributed by atoms with Gasteiger partial charge in [-0.2, -0.15) is 0 Å². The smallest absolute Gasteiger partial charge is 0.258 e. The quantitative estimate of drug-likeness (QED) is 0.607. The Morgan fingerprint density at radius 3 is 2.52 bits per heavy atom. The van der Waals surface area contributed by atoms with Gasteiger partial charge in [-0.1, -0.05) is 29.8 Å². The van der Waals surface area contributed by atoms with Gasteiger partial charge in [0.15, 0.2) is 0 Å². The standard InChI is InChI=1S/C25H30ClFN4O2/c1-16(28)24(32)29-10-4-6-17-5-2-7-20(11-17)30-12-18-14-31(15-19(18)13-30)25(33)23-21(26)8-3-9-22(23)27/h2-3,5,7-9,11,16,18-19H,4,6,10,12-15,28H2,1H3,(H,29,32)/t16-,18?,19?/m0/s1. The molecule has 0 aromatic heterocycles. The van der Waals surface area contributed by atoms with E-state index in [0.717, 1.165) is 25.9 Å². The molecule has 3 N–H and O–H groups in total. The minimum absolute atomic E-state index is 0.0270. The molecule has 2 amide bonds. The average molecular weight is 473 g/mol. The van der Waals surface area contributed by atoms with Crippen LogP contribution in [0.25, 0.3) is 0 Å². The van der Waals surface area contributed by atoms with Crippen LogP contribution in [0.4, 0.5) is 10.1 Å². The van der Waals surface area contributed by atoms with Crippen LogP contribution in [0.3, 0.4) is 0 Å². The van der Waals surface area contributed by atoms with Crippen LogP contribution in [0.15, 0.2) is 42.5 Å². The summed E-state index contributed by atoms with van der Waals surface area (Å²) in [6.45, 7) is 5.25. The van der Waals surface area contributed by atoms with Crippen molar-refractivity contribution in [3.63, 3.8) is 0 Å². The van der Waals surface area contributed by atoms with Crippen LogP contribution in [0.2, 0.25) is 5.02 Å². The topological polar surface area (TPSA) is 78.7 Å². The molecule has 2 aliphatic rings. The second-order valence-corrected chi connectivity index (χ2v) is 9.49. The predicted molar refractivity (Wildman–Crippen MR) is 128 cm³/mol. The molecule has 2 aliphatic heterocycles. The third kappa shape index (κ3) is 5.31. The van der Waals surface area contributed by atoms with Crippen molar-refractivity contribution < 1.29 is 14.0 Å². The van der Waals surface area contributed by atoms with Crippen LogP contribution < -0.4 is 16.0 Å². The number of rotatable bonds is 7. The molecular formula is C25H30ClFN4O2. The molecule has 0 bridgehead atoms. The zero-order valence-electron chi connectivity index (χ0n) is 18.8. The van der Waals surface area contributed by atoms with Crippen molar-refractivity contribution in [1.29, 1.82) is 0 Å². The molecular weight excluding hydrogens is 443 g/mol. The van der Waals surface area contributed by atoms with Gasteiger partial charge in [0.2, 0.25) is 5.91 Å². The fraction of sp³-hybridized carbons (Fsp3) is 0.440. The molecule has 4 rings (SSSR count). The zero-order chi connectivity index (χ0) is 23.5. The largest absolute Gasteiger partial charge is 0.371 e. The Morgan fingerprint density at radius 1 is 1.15 bits per heavy atom. The van der Waals surface area contributed by atoms with Crippen LogP contribution in [0.1, 0.15) is 29.3 Å². The fourth-order valence-electron chi connectivity index (χ4n) is 4.80. The second kappa shape index (κ2) is 10.1. The zero-order valence-corrected chi connectivity index (χ0v) is 19.5. The van der Waals surface area contributed by atoms with Gasteiger partial charge in [-0.05, 0) is 49.6 Å². The number of nitrogens with one attached hydrogen (secondary N) is 1. The predicted octanol–water partition coefficient (Wildman–Crippen LogP) is 3.08. The number of fused-ring (bicyclic) bond motifs is 1. The molecule has 2 unspecified atom stereocenters. The number of nitrogens with two attached hydrogens (primary N) is 1. The highest BCUT2D eigenvalue weighted by Gasteiger charge is 2.42. The monoisotopic (exact) mass is 472 g/mol. The van der Waals surface area contributed by atoms with E-state index < -0.39 is 11.9 Å². The number of hydrogen-bond donors (Lipinski definition) is 2. The first-order valence-corrected chi connectivity index (χ1v) is 11.8. The van der Waals surface area contributed by atoms with Gasteiger partial charge >= 0.3 is 0 Å². The summed E-state index contributed by atoms with van der Waals surface area (Å²) in [5.41, 5.74) is 7.94. The van der Waals surface area contributed by atoms with E-state index in [0.29, 0.717) is 31.5 Å². The van der Waals surface area contributed by atoms with Gasteiger partial charge in [0.1, 0.15) is 5.82 Å². The SMILES string of the molecule is C[C@H](N)C(=O)NCCCc1cccc(N2CC3CN(C(=O)c4c(F)cccc4Cl)CC3C2)c1. The lowest BCUT2D eigenvalue weighted by Crippen LogP contribution is -2.38. The molecule has 2 aromatic rings. The number of aryl methyl sites for hydroxylation is 1. The molecule has 0 saturated carbocycles. The lowest BCUT2D eigenvalue weighted by Gasteiger charge is -2.24. The minimum Gasteiger partial charge on any atom is -0.371 e. The van der Waals surface area contributed by atoms with Crippen molar-refractivity contribution in [2.45, 2.75) is 25.8 Å². The van der Waals surface area contributed by atoms with E-state index in [1.165, 1.54) is 23.4 Å². The van der Waals surface area contributed by atoms with Crippen molar-refractivity contribution in [3.8, 4) is 0 Å². The highest BCUT2D eigenvalue weighted by molar-refractivity contribution is 6.33. The van der Waals surface area contributed by atoms with Crippen molar-refractivity contribution in [3.05, 3.63) is 64.4 Å². The van der Waals surface area contributed by atoms with Crippen molar-refractivity contribution in [2.75, 3.05) is 37.6 Å². The number of benzene rings is 2. The summed E-state index contributed by atoms with van der Waals surface area (Å²) in [7, 11) is 0. The number of hydrogen-bond acceptors (Lipinski definition) is 4. The first-order chi connectivity index (χ1) is 15.8. The Balaban J connectivity index is 1.31. The first kappa shape index (κ1) is 23.5. The van der Waals surface area contributed by atoms with E-state index in [2.05, 4.69) is 34.5 Å². The summed E-state index contributed by atoms with van der Waals surface area (Å²) in [5, 5.41) is 3.00. The van der Waals surface area contributed by atoms with Gasteiger partial charge in [0.25, 0.3) is 5.91 Å². The molecule has 2 heterocycles. The number of carbonyl (C=O) groups is 2. The molecule has 176 valence electrons. The summed E-state index contributed by atoms with van der Waals surface area (Å²) >= 11 is 6.09. The van der Waals surface area contributed by atoms with E-state index in [9.17, 15) is 14.0 Å². The van der Waals surface area contributed by atoms with Crippen molar-refractivity contribution in [2.24, 2.45) is 17.6 Å². The van der Waals surface area contributed by atoms with Crippen LogP contribution in [0.5, 0.6) is 0 Å². The number of halogens is 2. The molecule has 2 aromatic carbocycles. The first-order valence-electron chi connectivity index (χ1n) is 11.4. The number of likely N-dealkylation sites (tertiary alicyclic amines) is 1. The van der Waals surface area contributed by atoms with E-state index in [1.54, 1.807) is 17.9 Å². The van der Waals surface area contributed by atoms with E-state index in [-0.39, 0.29) is 22.4 Å². The Kier molecular flexibility index (Phi) is 7.20. The summed E-state index contributed by atoms with van der Waals surface area (Å²) in [6, 6.07) is 12.3. The van der Waals surface area contributed by atoms with Gasteiger partial charge in [-0.15, -0.1) is 0 Å². The molecule has 0 spiro atoms. The van der Waals surface area contributed by atoms with Gasteiger partial charge in [-0.25, -0.2) is 4.39 Å². The molecule has 6 nitrogen and oxygen atoms in total. The summed E-state index contributed by atoms with van der Waals surface area (Å²) in [6.07, 6.45) is 1.72. The number of amides is 2. The van der Waals surface area contributed by atoms with Crippen LogP contribution >= 0.6 is 11.6 Å². The van der Waals surface area contributed by atoms with E-state index in [4.69, 9.17) is 17.3 Å². The van der Waals surface area contributed by atoms with Crippen LogP contribution in [0, 0.1) is 17.7 Å². The summed E-state index contributed by atoms with van der Waals surface area (Å²) < 4.78 is 14.2. The fourth-order valence-corrected chi connectivity index (χ4v) is 5.05. The molecule has 8 heteroatoms. The summed E-state index contributed by atoms with van der Waals surface area (Å²) in [5.74, 6) is -0.303. The van der Waals surface area contributed by atoms with Crippen LogP contribution in [-0.4, -0.2) is 55.5 Å². The minimum atomic E-state index is -0.569. The van der Waals surface area contributed by atoms with Crippen molar-refractivity contribution >= 4 is 29.1 Å². The van der Waals surface area contributed by atoms with E-state index >= 15 is 0 Å². The number of nitrogens with zero attached hydrogens (tertiary/aromatic N) is 2. The highest BCUT2D eigenvalue weighted by atomic mass is 35.5. The summed E-state index contributed by atoms with van der Waals surface area (Å²) in [4.78, 5) is 28.5. The van der Waals surface area contributed by atoms with E-state index in [1.807, 2.05) is 0 Å². The maximum Gasteiger partial charge on any atom is 0.258 e. The maximum absolute atomic E-state index is 14.2. The van der Waals surface area contributed by atoms with Gasteiger partial charge in [0.05, 0.1) is 16.6 Å². The number of carbonyl (C=O) groups excluding carboxylic acids is 2.